The van der Waals surface area contributed by atoms with Crippen LogP contribution in [-0.4, -0.2) is 42.0 Å². The zero-order valence-electron chi connectivity index (χ0n) is 12.7. The van der Waals surface area contributed by atoms with Gasteiger partial charge in [0.15, 0.2) is 0 Å². The SMILES string of the molecule is CC(C)CCC(=O)N1CCN(c2ncccc2C#N)CC1. The quantitative estimate of drug-likeness (QED) is 0.850. The van der Waals surface area contributed by atoms with Crippen molar-refractivity contribution in [2.24, 2.45) is 5.92 Å². The Hall–Kier alpha value is -2.09. The molecule has 0 unspecified atom stereocenters. The molecule has 1 aromatic rings. The van der Waals surface area contributed by atoms with Gasteiger partial charge in [0.25, 0.3) is 0 Å². The van der Waals surface area contributed by atoms with Crippen LogP contribution in [0.2, 0.25) is 0 Å². The van der Waals surface area contributed by atoms with E-state index in [2.05, 4.69) is 29.8 Å². The van der Waals surface area contributed by atoms with Crippen molar-refractivity contribution < 1.29 is 4.79 Å². The number of hydrogen-bond acceptors (Lipinski definition) is 4. The Morgan fingerprint density at radius 1 is 1.38 bits per heavy atom. The molecule has 1 amide bonds. The Balaban J connectivity index is 1.91. The highest BCUT2D eigenvalue weighted by molar-refractivity contribution is 5.76. The predicted molar refractivity (Wildman–Crippen MR) is 81.8 cm³/mol. The van der Waals surface area contributed by atoms with E-state index in [1.807, 2.05) is 4.90 Å². The van der Waals surface area contributed by atoms with E-state index in [0.717, 1.165) is 25.3 Å². The Labute approximate surface area is 126 Å². The summed E-state index contributed by atoms with van der Waals surface area (Å²) >= 11 is 0. The molecule has 112 valence electrons. The number of hydrogen-bond donors (Lipinski definition) is 0. The van der Waals surface area contributed by atoms with Gasteiger partial charge in [-0.3, -0.25) is 4.79 Å². The molecule has 0 saturated carbocycles. The van der Waals surface area contributed by atoms with Gasteiger partial charge in [0.1, 0.15) is 11.9 Å². The van der Waals surface area contributed by atoms with Crippen molar-refractivity contribution in [2.75, 3.05) is 31.1 Å². The molecule has 21 heavy (non-hydrogen) atoms. The summed E-state index contributed by atoms with van der Waals surface area (Å²) in [6.07, 6.45) is 3.28. The van der Waals surface area contributed by atoms with Gasteiger partial charge in [-0.2, -0.15) is 5.26 Å². The van der Waals surface area contributed by atoms with E-state index in [-0.39, 0.29) is 5.91 Å². The summed E-state index contributed by atoms with van der Waals surface area (Å²) in [6.45, 7) is 7.15. The second kappa shape index (κ2) is 7.07. The zero-order chi connectivity index (χ0) is 15.2. The maximum Gasteiger partial charge on any atom is 0.222 e. The number of carbonyl (C=O) groups is 1. The molecule has 2 heterocycles. The second-order valence-electron chi connectivity index (χ2n) is 5.79. The molecule has 0 spiro atoms. The van der Waals surface area contributed by atoms with Crippen LogP contribution in [0.1, 0.15) is 32.3 Å². The summed E-state index contributed by atoms with van der Waals surface area (Å²) in [5.41, 5.74) is 0.595. The molecule has 0 N–H and O–H groups in total. The number of carbonyl (C=O) groups excluding carboxylic acids is 1. The van der Waals surface area contributed by atoms with Crippen LogP contribution in [0, 0.1) is 17.2 Å². The zero-order valence-corrected chi connectivity index (χ0v) is 12.7. The summed E-state index contributed by atoms with van der Waals surface area (Å²) in [4.78, 5) is 20.4. The first-order chi connectivity index (χ1) is 10.1. The molecule has 5 nitrogen and oxygen atoms in total. The Morgan fingerprint density at radius 3 is 2.71 bits per heavy atom. The Bertz CT molecular complexity index is 527. The van der Waals surface area contributed by atoms with Gasteiger partial charge >= 0.3 is 0 Å². The molecule has 1 aliphatic heterocycles. The van der Waals surface area contributed by atoms with Crippen LogP contribution in [0.3, 0.4) is 0 Å². The normalized spacial score (nSPS) is 15.1. The van der Waals surface area contributed by atoms with E-state index in [9.17, 15) is 4.79 Å². The van der Waals surface area contributed by atoms with E-state index in [1.165, 1.54) is 0 Å². The van der Waals surface area contributed by atoms with Crippen LogP contribution in [0.15, 0.2) is 18.3 Å². The maximum atomic E-state index is 12.1. The van der Waals surface area contributed by atoms with E-state index in [0.29, 0.717) is 31.0 Å². The van der Waals surface area contributed by atoms with Crippen LogP contribution in [0.5, 0.6) is 0 Å². The fraction of sp³-hybridized carbons (Fsp3) is 0.562. The Morgan fingerprint density at radius 2 is 2.10 bits per heavy atom. The monoisotopic (exact) mass is 286 g/mol. The first-order valence-electron chi connectivity index (χ1n) is 7.49. The standard InChI is InChI=1S/C16H22N4O/c1-13(2)5-6-15(21)19-8-10-20(11-9-19)16-14(12-17)4-3-7-18-16/h3-4,7,13H,5-6,8-11H2,1-2H3. The molecule has 0 bridgehead atoms. The number of nitriles is 1. The average Bonchev–Trinajstić information content (AvgIpc) is 2.52. The summed E-state index contributed by atoms with van der Waals surface area (Å²) in [6, 6.07) is 5.73. The number of pyridine rings is 1. The van der Waals surface area contributed by atoms with Gasteiger partial charge in [-0.15, -0.1) is 0 Å². The summed E-state index contributed by atoms with van der Waals surface area (Å²) < 4.78 is 0. The number of rotatable bonds is 4. The van der Waals surface area contributed by atoms with Crippen LogP contribution in [-0.2, 0) is 4.79 Å². The van der Waals surface area contributed by atoms with Gasteiger partial charge in [-0.25, -0.2) is 4.98 Å². The van der Waals surface area contributed by atoms with E-state index in [1.54, 1.807) is 18.3 Å². The molecule has 2 rings (SSSR count). The number of amides is 1. The van der Waals surface area contributed by atoms with E-state index < -0.39 is 0 Å². The molecule has 0 atom stereocenters. The van der Waals surface area contributed by atoms with Gasteiger partial charge in [0, 0.05) is 38.8 Å². The van der Waals surface area contributed by atoms with Gasteiger partial charge in [0.2, 0.25) is 5.91 Å². The smallest absolute Gasteiger partial charge is 0.222 e. The first kappa shape index (κ1) is 15.3. The Kier molecular flexibility index (Phi) is 5.15. The summed E-state index contributed by atoms with van der Waals surface area (Å²) in [7, 11) is 0. The topological polar surface area (TPSA) is 60.2 Å². The lowest BCUT2D eigenvalue weighted by Gasteiger charge is -2.35. The summed E-state index contributed by atoms with van der Waals surface area (Å²) in [5.74, 6) is 1.53. The second-order valence-corrected chi connectivity index (χ2v) is 5.79. The van der Waals surface area contributed by atoms with Crippen molar-refractivity contribution in [3.63, 3.8) is 0 Å². The molecular weight excluding hydrogens is 264 g/mol. The van der Waals surface area contributed by atoms with Crippen molar-refractivity contribution in [2.45, 2.75) is 26.7 Å². The molecule has 0 aromatic carbocycles. The fourth-order valence-electron chi connectivity index (χ4n) is 2.47. The lowest BCUT2D eigenvalue weighted by Crippen LogP contribution is -2.49. The van der Waals surface area contributed by atoms with Crippen molar-refractivity contribution in [3.8, 4) is 6.07 Å². The average molecular weight is 286 g/mol. The molecule has 5 heteroatoms. The third-order valence-corrected chi connectivity index (χ3v) is 3.77. The molecule has 0 radical (unpaired) electrons. The van der Waals surface area contributed by atoms with Gasteiger partial charge in [-0.1, -0.05) is 13.8 Å². The highest BCUT2D eigenvalue weighted by Crippen LogP contribution is 2.18. The van der Waals surface area contributed by atoms with Crippen LogP contribution < -0.4 is 4.90 Å². The molecule has 1 aromatic heterocycles. The molecule has 1 aliphatic rings. The lowest BCUT2D eigenvalue weighted by atomic mass is 10.1. The third kappa shape index (κ3) is 3.94. The van der Waals surface area contributed by atoms with Crippen molar-refractivity contribution in [1.29, 1.82) is 5.26 Å². The minimum Gasteiger partial charge on any atom is -0.352 e. The number of aromatic nitrogens is 1. The van der Waals surface area contributed by atoms with Crippen molar-refractivity contribution in [3.05, 3.63) is 23.9 Å². The van der Waals surface area contributed by atoms with Crippen LogP contribution in [0.25, 0.3) is 0 Å². The van der Waals surface area contributed by atoms with Gasteiger partial charge in [-0.05, 0) is 24.5 Å². The van der Waals surface area contributed by atoms with Crippen LogP contribution >= 0.6 is 0 Å². The lowest BCUT2D eigenvalue weighted by molar-refractivity contribution is -0.131. The molecule has 0 aliphatic carbocycles. The molecule has 1 fully saturated rings. The minimum atomic E-state index is 0.241. The number of anilines is 1. The van der Waals surface area contributed by atoms with Crippen molar-refractivity contribution in [1.82, 2.24) is 9.88 Å². The highest BCUT2D eigenvalue weighted by atomic mass is 16.2. The van der Waals surface area contributed by atoms with E-state index in [4.69, 9.17) is 5.26 Å². The fourth-order valence-corrected chi connectivity index (χ4v) is 2.47. The van der Waals surface area contributed by atoms with Crippen LogP contribution in [0.4, 0.5) is 5.82 Å². The predicted octanol–water partition coefficient (Wildman–Crippen LogP) is 2.04. The number of piperazine rings is 1. The first-order valence-corrected chi connectivity index (χ1v) is 7.49. The number of nitrogens with zero attached hydrogens (tertiary/aromatic N) is 4. The molecular formula is C16H22N4O. The molecule has 1 saturated heterocycles. The minimum absolute atomic E-state index is 0.241. The van der Waals surface area contributed by atoms with Crippen molar-refractivity contribution >= 4 is 11.7 Å². The summed E-state index contributed by atoms with van der Waals surface area (Å²) in [5, 5.41) is 9.13. The van der Waals surface area contributed by atoms with E-state index >= 15 is 0 Å². The largest absolute Gasteiger partial charge is 0.352 e. The highest BCUT2D eigenvalue weighted by Gasteiger charge is 2.23. The van der Waals surface area contributed by atoms with Gasteiger partial charge in [0.05, 0.1) is 5.56 Å². The van der Waals surface area contributed by atoms with Gasteiger partial charge < -0.3 is 9.80 Å². The third-order valence-electron chi connectivity index (χ3n) is 3.77. The maximum absolute atomic E-state index is 12.1.